The summed E-state index contributed by atoms with van der Waals surface area (Å²) < 4.78 is 30.6. The van der Waals surface area contributed by atoms with Gasteiger partial charge in [0.05, 0.1) is 12.1 Å². The fraction of sp³-hybridized carbons (Fsp3) is 0.0909. The smallest absolute Gasteiger partial charge is 0.269 e. The molecule has 1 amide bonds. The minimum atomic E-state index is -3.81. The molecular formula is C11H7BrN2O4S. The highest BCUT2D eigenvalue weighted by Crippen LogP contribution is 2.33. The van der Waals surface area contributed by atoms with Gasteiger partial charge in [0.15, 0.2) is 0 Å². The van der Waals surface area contributed by atoms with E-state index in [2.05, 4.69) is 25.6 Å². The third-order valence-corrected chi connectivity index (χ3v) is 5.04. The highest BCUT2D eigenvalue weighted by Gasteiger charge is 2.41. The Labute approximate surface area is 117 Å². The van der Waals surface area contributed by atoms with E-state index in [0.29, 0.717) is 10.2 Å². The van der Waals surface area contributed by atoms with E-state index >= 15 is 0 Å². The van der Waals surface area contributed by atoms with E-state index in [9.17, 15) is 13.2 Å². The van der Waals surface area contributed by atoms with Gasteiger partial charge < -0.3 is 4.52 Å². The van der Waals surface area contributed by atoms with E-state index in [1.54, 1.807) is 6.07 Å². The Morgan fingerprint density at radius 1 is 1.32 bits per heavy atom. The molecule has 0 saturated carbocycles. The molecule has 2 aromatic rings. The molecule has 1 aliphatic heterocycles. The van der Waals surface area contributed by atoms with Gasteiger partial charge in [0.25, 0.3) is 15.9 Å². The van der Waals surface area contributed by atoms with Crippen LogP contribution in [0.3, 0.4) is 0 Å². The van der Waals surface area contributed by atoms with Crippen LogP contribution in [0, 0.1) is 0 Å². The van der Waals surface area contributed by atoms with E-state index < -0.39 is 15.9 Å². The highest BCUT2D eigenvalue weighted by molar-refractivity contribution is 9.10. The Balaban J connectivity index is 2.08. The van der Waals surface area contributed by atoms with Crippen LogP contribution in [0.15, 0.2) is 44.4 Å². The van der Waals surface area contributed by atoms with Crippen molar-refractivity contribution < 1.29 is 17.7 Å². The van der Waals surface area contributed by atoms with Crippen molar-refractivity contribution in [1.82, 2.24) is 9.46 Å². The number of hydrogen-bond acceptors (Lipinski definition) is 5. The number of fused-ring (bicyclic) bond motifs is 1. The number of halogens is 1. The third-order valence-electron chi connectivity index (χ3n) is 2.76. The van der Waals surface area contributed by atoms with Gasteiger partial charge in [-0.2, -0.15) is 0 Å². The van der Waals surface area contributed by atoms with Crippen molar-refractivity contribution in [1.29, 1.82) is 0 Å². The molecule has 19 heavy (non-hydrogen) atoms. The summed E-state index contributed by atoms with van der Waals surface area (Å²) in [7, 11) is -3.81. The number of rotatable bonds is 2. The molecule has 0 saturated heterocycles. The van der Waals surface area contributed by atoms with Crippen molar-refractivity contribution in [2.45, 2.75) is 11.4 Å². The summed E-state index contributed by atoms with van der Waals surface area (Å²) in [5.41, 5.74) is 0.543. The summed E-state index contributed by atoms with van der Waals surface area (Å²) in [6.45, 7) is -0.135. The minimum absolute atomic E-state index is 0.0178. The molecule has 6 nitrogen and oxygen atoms in total. The number of carbonyl (C=O) groups excluding carboxylic acids is 1. The summed E-state index contributed by atoms with van der Waals surface area (Å²) in [5, 5.41) is 3.62. The maximum atomic E-state index is 12.3. The Bertz CT molecular complexity index is 755. The van der Waals surface area contributed by atoms with Gasteiger partial charge in [-0.3, -0.25) is 4.79 Å². The fourth-order valence-electron chi connectivity index (χ4n) is 1.88. The maximum Gasteiger partial charge on any atom is 0.269 e. The first-order chi connectivity index (χ1) is 9.00. The topological polar surface area (TPSA) is 80.5 Å². The van der Waals surface area contributed by atoms with Gasteiger partial charge in [-0.15, -0.1) is 0 Å². The summed E-state index contributed by atoms with van der Waals surface area (Å²) in [4.78, 5) is 12.2. The Morgan fingerprint density at radius 2 is 2.11 bits per heavy atom. The number of carbonyl (C=O) groups is 1. The Hall–Kier alpha value is -1.67. The Morgan fingerprint density at radius 3 is 2.79 bits per heavy atom. The summed E-state index contributed by atoms with van der Waals surface area (Å²) in [6.07, 6.45) is 1.33. The summed E-state index contributed by atoms with van der Waals surface area (Å²) in [6, 6.07) is 6.01. The van der Waals surface area contributed by atoms with Crippen LogP contribution in [0.2, 0.25) is 0 Å². The molecule has 0 aliphatic carbocycles. The second-order valence-corrected chi connectivity index (χ2v) is 6.69. The van der Waals surface area contributed by atoms with Crippen molar-refractivity contribution in [2.24, 2.45) is 0 Å². The number of benzene rings is 1. The van der Waals surface area contributed by atoms with Crippen LogP contribution in [-0.4, -0.2) is 23.8 Å². The second-order valence-electron chi connectivity index (χ2n) is 3.95. The van der Waals surface area contributed by atoms with Gasteiger partial charge in [0, 0.05) is 10.5 Å². The van der Waals surface area contributed by atoms with Crippen molar-refractivity contribution in [3.63, 3.8) is 0 Å². The lowest BCUT2D eigenvalue weighted by molar-refractivity contribution is 0.0863. The molecule has 1 aliphatic rings. The first-order valence-corrected chi connectivity index (χ1v) is 7.49. The predicted molar refractivity (Wildman–Crippen MR) is 67.7 cm³/mol. The number of amides is 1. The third kappa shape index (κ3) is 1.87. The number of aromatic nitrogens is 1. The average Bonchev–Trinajstić information content (AvgIpc) is 2.92. The van der Waals surface area contributed by atoms with Crippen LogP contribution >= 0.6 is 15.9 Å². The molecule has 2 heterocycles. The molecule has 0 radical (unpaired) electrons. The zero-order chi connectivity index (χ0) is 13.6. The van der Waals surface area contributed by atoms with Gasteiger partial charge in [-0.05, 0) is 18.2 Å². The van der Waals surface area contributed by atoms with Crippen LogP contribution < -0.4 is 0 Å². The van der Waals surface area contributed by atoms with Gasteiger partial charge in [0.2, 0.25) is 0 Å². The molecule has 0 spiro atoms. The SMILES string of the molecule is O=C1c2cc(Br)ccc2S(=O)(=O)N1Cc1ccon1. The summed E-state index contributed by atoms with van der Waals surface area (Å²) in [5.74, 6) is -0.556. The van der Waals surface area contributed by atoms with Gasteiger partial charge in [-0.1, -0.05) is 21.1 Å². The van der Waals surface area contributed by atoms with Crippen molar-refractivity contribution in [3.05, 3.63) is 46.3 Å². The van der Waals surface area contributed by atoms with Crippen LogP contribution in [0.5, 0.6) is 0 Å². The van der Waals surface area contributed by atoms with E-state index in [1.165, 1.54) is 24.5 Å². The quantitative estimate of drug-likeness (QED) is 0.830. The van der Waals surface area contributed by atoms with Crippen LogP contribution in [-0.2, 0) is 16.6 Å². The molecule has 0 atom stereocenters. The molecule has 3 rings (SSSR count). The normalized spacial score (nSPS) is 16.7. The summed E-state index contributed by atoms with van der Waals surface area (Å²) >= 11 is 3.22. The molecule has 98 valence electrons. The lowest BCUT2D eigenvalue weighted by Gasteiger charge is -2.12. The van der Waals surface area contributed by atoms with Crippen LogP contribution in [0.1, 0.15) is 16.1 Å². The molecule has 1 aromatic heterocycles. The molecule has 8 heteroatoms. The minimum Gasteiger partial charge on any atom is -0.364 e. The van der Waals surface area contributed by atoms with E-state index in [-0.39, 0.29) is 17.0 Å². The Kier molecular flexibility index (Phi) is 2.72. The molecule has 0 N–H and O–H groups in total. The lowest BCUT2D eigenvalue weighted by atomic mass is 10.2. The number of hydrogen-bond donors (Lipinski definition) is 0. The predicted octanol–water partition coefficient (Wildman–Crippen LogP) is 1.78. The van der Waals surface area contributed by atoms with E-state index in [0.717, 1.165) is 4.31 Å². The highest BCUT2D eigenvalue weighted by atomic mass is 79.9. The van der Waals surface area contributed by atoms with E-state index in [1.807, 2.05) is 0 Å². The van der Waals surface area contributed by atoms with Crippen molar-refractivity contribution in [2.75, 3.05) is 0 Å². The molecule has 1 aromatic carbocycles. The standard InChI is InChI=1S/C11H7BrN2O4S/c12-7-1-2-10-9(5-7)11(15)14(19(10,16)17)6-8-3-4-18-13-8/h1-5H,6H2. The van der Waals surface area contributed by atoms with E-state index in [4.69, 9.17) is 0 Å². The fourth-order valence-corrected chi connectivity index (χ4v) is 3.76. The monoisotopic (exact) mass is 342 g/mol. The first kappa shape index (κ1) is 12.4. The lowest BCUT2D eigenvalue weighted by Crippen LogP contribution is -2.29. The van der Waals surface area contributed by atoms with Crippen LogP contribution in [0.25, 0.3) is 0 Å². The number of nitrogens with zero attached hydrogens (tertiary/aromatic N) is 2. The maximum absolute atomic E-state index is 12.3. The molecule has 0 fully saturated rings. The molecule has 0 unspecified atom stereocenters. The van der Waals surface area contributed by atoms with Gasteiger partial charge in [0.1, 0.15) is 16.9 Å². The molecule has 0 bridgehead atoms. The number of sulfonamides is 1. The first-order valence-electron chi connectivity index (χ1n) is 5.26. The largest absolute Gasteiger partial charge is 0.364 e. The average molecular weight is 343 g/mol. The zero-order valence-electron chi connectivity index (χ0n) is 9.41. The van der Waals surface area contributed by atoms with Crippen LogP contribution in [0.4, 0.5) is 0 Å². The van der Waals surface area contributed by atoms with Crippen molar-refractivity contribution in [3.8, 4) is 0 Å². The van der Waals surface area contributed by atoms with Gasteiger partial charge >= 0.3 is 0 Å². The van der Waals surface area contributed by atoms with Gasteiger partial charge in [-0.25, -0.2) is 12.7 Å². The second kappa shape index (κ2) is 4.17. The van der Waals surface area contributed by atoms with Crippen molar-refractivity contribution >= 4 is 31.9 Å². The zero-order valence-corrected chi connectivity index (χ0v) is 11.8. The molecular weight excluding hydrogens is 336 g/mol.